The number of ether oxygens (including phenoxy) is 4. The van der Waals surface area contributed by atoms with Gasteiger partial charge < -0.3 is 0 Å². The van der Waals surface area contributed by atoms with E-state index >= 15 is 0 Å². The Morgan fingerprint density at radius 1 is 0.935 bits per heavy atom. The number of carboxylic acids is 1. The molecule has 0 atom stereocenters. The second-order valence-electron chi connectivity index (χ2n) is 6.55. The van der Waals surface area contributed by atoms with E-state index in [1.165, 1.54) is 11.6 Å². The van der Waals surface area contributed by atoms with Crippen LogP contribution in [0.1, 0.15) is 21.5 Å². The molecule has 162 valence electrons. The van der Waals surface area contributed by atoms with Gasteiger partial charge in [-0.2, -0.15) is 0 Å². The maximum atomic E-state index is 12.0. The number of carbonyl (C=O) groups is 1. The Bertz CT molecular complexity index is 989. The molecule has 0 aliphatic carbocycles. The number of carboxylic acid groups (broad SMARTS) is 1. The van der Waals surface area contributed by atoms with Gasteiger partial charge in [0.1, 0.15) is 0 Å². The van der Waals surface area contributed by atoms with Crippen molar-refractivity contribution in [2.75, 3.05) is 21.0 Å². The summed E-state index contributed by atoms with van der Waals surface area (Å²) in [5.41, 5.74) is 1.79. The average molecular weight is 487 g/mol. The molecule has 0 aromatic heterocycles. The van der Waals surface area contributed by atoms with Crippen LogP contribution in [0.25, 0.3) is 0 Å². The molecule has 0 aliphatic rings. The molecule has 0 spiro atoms. The van der Waals surface area contributed by atoms with Gasteiger partial charge in [0.2, 0.25) is 0 Å². The fourth-order valence-corrected chi connectivity index (χ4v) is 4.77. The standard InChI is InChI=1S/C24H24O6Se/c1-27-16-30-22-13-20(29-14-17-8-10-19(28-2)11-9-17)12-18(23(22)24(25)26)15-31-21-6-4-3-5-7-21/h3-13H,14-16H2,1-2H3,(H,25,26). The van der Waals surface area contributed by atoms with E-state index in [4.69, 9.17) is 18.9 Å². The van der Waals surface area contributed by atoms with Crippen LogP contribution in [0.15, 0.2) is 66.7 Å². The molecule has 3 rings (SSSR count). The molecular formula is C24H24O6Se. The van der Waals surface area contributed by atoms with Crippen molar-refractivity contribution < 1.29 is 28.8 Å². The number of aromatic carboxylic acids is 1. The molecule has 0 amide bonds. The van der Waals surface area contributed by atoms with Crippen LogP contribution in [0.3, 0.4) is 0 Å². The minimum absolute atomic E-state index is 0.0501. The van der Waals surface area contributed by atoms with Gasteiger partial charge in [-0.25, -0.2) is 0 Å². The van der Waals surface area contributed by atoms with E-state index in [9.17, 15) is 9.90 Å². The van der Waals surface area contributed by atoms with Crippen LogP contribution in [0.2, 0.25) is 0 Å². The van der Waals surface area contributed by atoms with Gasteiger partial charge in [-0.15, -0.1) is 0 Å². The van der Waals surface area contributed by atoms with Crippen molar-refractivity contribution in [3.8, 4) is 17.2 Å². The van der Waals surface area contributed by atoms with Gasteiger partial charge >= 0.3 is 188 Å². The molecule has 3 aromatic rings. The van der Waals surface area contributed by atoms with Gasteiger partial charge in [0, 0.05) is 0 Å². The third-order valence-corrected chi connectivity index (χ3v) is 6.63. The van der Waals surface area contributed by atoms with Gasteiger partial charge in [0.25, 0.3) is 0 Å². The van der Waals surface area contributed by atoms with Crippen LogP contribution in [-0.2, 0) is 16.7 Å². The number of benzene rings is 3. The third kappa shape index (κ3) is 6.49. The predicted octanol–water partition coefficient (Wildman–Crippen LogP) is 3.48. The maximum absolute atomic E-state index is 12.0. The molecule has 0 unspecified atom stereocenters. The van der Waals surface area contributed by atoms with Crippen LogP contribution in [0, 0.1) is 0 Å². The van der Waals surface area contributed by atoms with Gasteiger partial charge in [-0.1, -0.05) is 0 Å². The summed E-state index contributed by atoms with van der Waals surface area (Å²) in [6, 6.07) is 21.0. The number of hydrogen-bond acceptors (Lipinski definition) is 5. The van der Waals surface area contributed by atoms with Crippen molar-refractivity contribution in [1.82, 2.24) is 0 Å². The van der Waals surface area contributed by atoms with Crippen molar-refractivity contribution in [3.05, 3.63) is 83.4 Å². The molecule has 0 fully saturated rings. The number of methoxy groups -OCH3 is 2. The summed E-state index contributed by atoms with van der Waals surface area (Å²) in [4.78, 5) is 12.0. The van der Waals surface area contributed by atoms with E-state index in [1.54, 1.807) is 19.2 Å². The first-order chi connectivity index (χ1) is 15.1. The zero-order valence-corrected chi connectivity index (χ0v) is 19.1. The van der Waals surface area contributed by atoms with Crippen molar-refractivity contribution in [3.63, 3.8) is 0 Å². The van der Waals surface area contributed by atoms with E-state index in [-0.39, 0.29) is 33.1 Å². The van der Waals surface area contributed by atoms with Crippen LogP contribution in [0.4, 0.5) is 0 Å². The first kappa shape index (κ1) is 22.7. The summed E-state index contributed by atoms with van der Waals surface area (Å²) in [5, 5.41) is 10.4. The van der Waals surface area contributed by atoms with Crippen molar-refractivity contribution in [1.29, 1.82) is 0 Å². The van der Waals surface area contributed by atoms with Crippen LogP contribution in [0.5, 0.6) is 17.2 Å². The molecule has 0 radical (unpaired) electrons. The van der Waals surface area contributed by atoms with Crippen LogP contribution < -0.4 is 18.7 Å². The third-order valence-electron chi connectivity index (χ3n) is 4.41. The summed E-state index contributed by atoms with van der Waals surface area (Å²) < 4.78 is 22.9. The molecule has 6 nitrogen and oxygen atoms in total. The van der Waals surface area contributed by atoms with Crippen LogP contribution >= 0.6 is 0 Å². The van der Waals surface area contributed by atoms with Crippen molar-refractivity contribution in [2.24, 2.45) is 0 Å². The SMILES string of the molecule is COCOc1cc(OCc2ccc(OC)cc2)cc(C[Se]c2ccccc2)c1C(=O)O. The molecule has 1 N–H and O–H groups in total. The second kappa shape index (κ2) is 11.4. The molecule has 0 saturated carbocycles. The normalized spacial score (nSPS) is 10.5. The van der Waals surface area contributed by atoms with Gasteiger partial charge in [-0.3, -0.25) is 0 Å². The zero-order valence-electron chi connectivity index (χ0n) is 17.4. The molecule has 31 heavy (non-hydrogen) atoms. The Labute approximate surface area is 187 Å². The first-order valence-electron chi connectivity index (χ1n) is 9.56. The number of rotatable bonds is 11. The van der Waals surface area contributed by atoms with Crippen molar-refractivity contribution in [2.45, 2.75) is 11.9 Å². The molecule has 0 saturated heterocycles. The zero-order chi connectivity index (χ0) is 22.1. The van der Waals surface area contributed by atoms with Gasteiger partial charge in [-0.05, 0) is 0 Å². The fraction of sp³-hybridized carbons (Fsp3) is 0.208. The Balaban J connectivity index is 1.85. The molecular weight excluding hydrogens is 463 g/mol. The summed E-state index contributed by atoms with van der Waals surface area (Å²) in [6.07, 6.45) is 0. The Morgan fingerprint density at radius 3 is 2.32 bits per heavy atom. The Kier molecular flexibility index (Phi) is 8.35. The fourth-order valence-electron chi connectivity index (χ4n) is 2.89. The molecule has 7 heteroatoms. The van der Waals surface area contributed by atoms with Crippen molar-refractivity contribution >= 4 is 25.4 Å². The summed E-state index contributed by atoms with van der Waals surface area (Å²) in [6.45, 7) is 0.287. The predicted molar refractivity (Wildman–Crippen MR) is 119 cm³/mol. The second-order valence-corrected chi connectivity index (χ2v) is 8.75. The topological polar surface area (TPSA) is 74.2 Å². The molecule has 0 heterocycles. The minimum atomic E-state index is -1.04. The monoisotopic (exact) mass is 488 g/mol. The van der Waals surface area contributed by atoms with Gasteiger partial charge in [0.05, 0.1) is 0 Å². The quantitative estimate of drug-likeness (QED) is 0.330. The Morgan fingerprint density at radius 2 is 1.68 bits per heavy atom. The van der Waals surface area contributed by atoms with E-state index in [0.717, 1.165) is 11.3 Å². The van der Waals surface area contributed by atoms with E-state index in [1.807, 2.05) is 54.6 Å². The average Bonchev–Trinajstić information content (AvgIpc) is 2.80. The summed E-state index contributed by atoms with van der Waals surface area (Å²) >= 11 is 0.0680. The van der Waals surface area contributed by atoms with Crippen LogP contribution in [-0.4, -0.2) is 47.0 Å². The molecule has 3 aromatic carbocycles. The van der Waals surface area contributed by atoms with E-state index in [2.05, 4.69) is 0 Å². The molecule has 0 aliphatic heterocycles. The Hall–Kier alpha value is -2.99. The van der Waals surface area contributed by atoms with E-state index < -0.39 is 5.97 Å². The molecule has 0 bridgehead atoms. The van der Waals surface area contributed by atoms with E-state index in [0.29, 0.717) is 23.2 Å². The first-order valence-corrected chi connectivity index (χ1v) is 11.6. The number of hydrogen-bond donors (Lipinski definition) is 1. The summed E-state index contributed by atoms with van der Waals surface area (Å²) in [5.74, 6) is 0.521. The van der Waals surface area contributed by atoms with Gasteiger partial charge in [0.15, 0.2) is 0 Å². The summed E-state index contributed by atoms with van der Waals surface area (Å²) in [7, 11) is 3.11.